The first-order valence-corrected chi connectivity index (χ1v) is 13.3. The summed E-state index contributed by atoms with van der Waals surface area (Å²) in [6.45, 7) is 15.5. The first kappa shape index (κ1) is 27.8. The highest BCUT2D eigenvalue weighted by Crippen LogP contribution is 2.43. The minimum absolute atomic E-state index is 0.0107. The van der Waals surface area contributed by atoms with Crippen molar-refractivity contribution in [3.8, 4) is 0 Å². The number of nitrogens with zero attached hydrogens (tertiary/aromatic N) is 2. The van der Waals surface area contributed by atoms with Crippen LogP contribution in [0.25, 0.3) is 0 Å². The molecule has 1 aliphatic rings. The van der Waals surface area contributed by atoms with Gasteiger partial charge in [0.2, 0.25) is 0 Å². The Morgan fingerprint density at radius 3 is 2.21 bits per heavy atom. The highest BCUT2D eigenvalue weighted by molar-refractivity contribution is 7.86. The van der Waals surface area contributed by atoms with Gasteiger partial charge in [0, 0.05) is 13.6 Å². The van der Waals surface area contributed by atoms with Crippen molar-refractivity contribution in [1.29, 1.82) is 0 Å². The van der Waals surface area contributed by atoms with E-state index in [0.29, 0.717) is 18.5 Å². The van der Waals surface area contributed by atoms with Crippen molar-refractivity contribution >= 4 is 21.7 Å². The Morgan fingerprint density at radius 2 is 1.74 bits per heavy atom. The topological polar surface area (TPSA) is 76.0 Å². The summed E-state index contributed by atoms with van der Waals surface area (Å²) in [5.41, 5.74) is 1.93. The van der Waals surface area contributed by atoms with Crippen LogP contribution in [0.1, 0.15) is 79.2 Å². The molecule has 0 bridgehead atoms. The predicted molar refractivity (Wildman–Crippen MR) is 138 cm³/mol. The van der Waals surface area contributed by atoms with Crippen molar-refractivity contribution in [3.05, 3.63) is 53.6 Å². The molecule has 1 aromatic rings. The lowest BCUT2D eigenvalue weighted by Crippen LogP contribution is -2.34. The lowest BCUT2D eigenvalue weighted by Gasteiger charge is -2.36. The fourth-order valence-electron chi connectivity index (χ4n) is 3.89. The average molecular weight is 489 g/mol. The number of allylic oxidation sites excluding steroid dienone is 3. The van der Waals surface area contributed by atoms with Crippen LogP contribution in [-0.2, 0) is 19.2 Å². The third-order valence-electron chi connectivity index (χ3n) is 6.00. The van der Waals surface area contributed by atoms with Crippen LogP contribution in [-0.4, -0.2) is 38.5 Å². The Bertz CT molecular complexity index is 1050. The summed E-state index contributed by atoms with van der Waals surface area (Å²) in [6.07, 6.45) is 7.92. The maximum Gasteiger partial charge on any atom is 0.358 e. The summed E-state index contributed by atoms with van der Waals surface area (Å²) in [7, 11) is -2.53. The quantitative estimate of drug-likeness (QED) is 0.329. The van der Waals surface area contributed by atoms with Gasteiger partial charge in [0.05, 0.1) is 0 Å². The Morgan fingerprint density at radius 1 is 1.12 bits per heavy atom. The molecule has 6 nitrogen and oxygen atoms in total. The highest BCUT2D eigenvalue weighted by atomic mass is 32.2. The second-order valence-electron chi connectivity index (χ2n) is 11.2. The maximum atomic E-state index is 12.9. The van der Waals surface area contributed by atoms with Gasteiger partial charge < -0.3 is 4.90 Å². The molecule has 1 amide bonds. The Kier molecular flexibility index (Phi) is 8.92. The SMILES string of the molecule is CCN(C)C(=O)C(=NOS(=O)(=O)c1ccc(C(CC(C)(C)C)C(C)(C)C)cc1)C1=CC=CCC1. The molecule has 0 aromatic heterocycles. The third-order valence-corrected chi connectivity index (χ3v) is 7.12. The van der Waals surface area contributed by atoms with Gasteiger partial charge in [0.1, 0.15) is 4.90 Å². The van der Waals surface area contributed by atoms with E-state index in [1.807, 2.05) is 31.2 Å². The number of oxime groups is 1. The minimum Gasteiger partial charge on any atom is -0.341 e. The molecule has 188 valence electrons. The molecular weight excluding hydrogens is 448 g/mol. The zero-order valence-electron chi connectivity index (χ0n) is 21.9. The average Bonchev–Trinajstić information content (AvgIpc) is 2.76. The smallest absolute Gasteiger partial charge is 0.341 e. The molecule has 0 N–H and O–H groups in total. The number of amides is 1. The van der Waals surface area contributed by atoms with Crippen LogP contribution in [0.15, 0.2) is 58.1 Å². The molecule has 1 aromatic carbocycles. The molecule has 2 rings (SSSR count). The van der Waals surface area contributed by atoms with Crippen LogP contribution in [0.2, 0.25) is 0 Å². The maximum absolute atomic E-state index is 12.9. The van der Waals surface area contributed by atoms with E-state index in [4.69, 9.17) is 4.28 Å². The van der Waals surface area contributed by atoms with Gasteiger partial charge in [-0.1, -0.05) is 77.1 Å². The molecule has 0 radical (unpaired) electrons. The Hall–Kier alpha value is -2.41. The molecule has 1 unspecified atom stereocenters. The molecule has 0 saturated heterocycles. The second kappa shape index (κ2) is 10.9. The molecule has 34 heavy (non-hydrogen) atoms. The second-order valence-corrected chi connectivity index (χ2v) is 12.7. The Balaban J connectivity index is 2.34. The number of rotatable bonds is 8. The summed E-state index contributed by atoms with van der Waals surface area (Å²) >= 11 is 0. The van der Waals surface area contributed by atoms with Gasteiger partial charge in [-0.25, -0.2) is 0 Å². The number of benzene rings is 1. The van der Waals surface area contributed by atoms with Crippen LogP contribution < -0.4 is 0 Å². The fourth-order valence-corrected chi connectivity index (χ4v) is 4.62. The van der Waals surface area contributed by atoms with E-state index in [-0.39, 0.29) is 33.3 Å². The first-order chi connectivity index (χ1) is 15.7. The van der Waals surface area contributed by atoms with Gasteiger partial charge >= 0.3 is 10.1 Å². The van der Waals surface area contributed by atoms with E-state index >= 15 is 0 Å². The molecule has 1 atom stereocenters. The first-order valence-electron chi connectivity index (χ1n) is 11.9. The van der Waals surface area contributed by atoms with Crippen LogP contribution in [0, 0.1) is 10.8 Å². The number of carbonyl (C=O) groups excluding carboxylic acids is 1. The normalized spacial score (nSPS) is 16.1. The van der Waals surface area contributed by atoms with Gasteiger partial charge in [-0.15, -0.1) is 0 Å². The van der Waals surface area contributed by atoms with Crippen molar-refractivity contribution in [2.75, 3.05) is 13.6 Å². The van der Waals surface area contributed by atoms with Crippen molar-refractivity contribution in [2.24, 2.45) is 16.0 Å². The van der Waals surface area contributed by atoms with Gasteiger partial charge in [-0.05, 0) is 66.2 Å². The molecule has 0 aliphatic heterocycles. The summed E-state index contributed by atoms with van der Waals surface area (Å²) in [5, 5.41) is 3.84. The van der Waals surface area contributed by atoms with Gasteiger partial charge in [-0.2, -0.15) is 8.42 Å². The van der Waals surface area contributed by atoms with Crippen LogP contribution >= 0.6 is 0 Å². The van der Waals surface area contributed by atoms with E-state index in [2.05, 4.69) is 46.7 Å². The summed E-state index contributed by atoms with van der Waals surface area (Å²) in [5.74, 6) is -0.104. The molecule has 0 fully saturated rings. The monoisotopic (exact) mass is 488 g/mol. The van der Waals surface area contributed by atoms with Crippen LogP contribution in [0.5, 0.6) is 0 Å². The highest BCUT2D eigenvalue weighted by Gasteiger charge is 2.31. The lowest BCUT2D eigenvalue weighted by molar-refractivity contribution is -0.122. The number of hydrogen-bond acceptors (Lipinski definition) is 5. The van der Waals surface area contributed by atoms with Gasteiger partial charge in [-0.3, -0.25) is 9.08 Å². The van der Waals surface area contributed by atoms with Gasteiger partial charge in [0.15, 0.2) is 5.71 Å². The fraction of sp³-hybridized carbons (Fsp3) is 0.556. The van der Waals surface area contributed by atoms with Crippen molar-refractivity contribution in [3.63, 3.8) is 0 Å². The lowest BCUT2D eigenvalue weighted by atomic mass is 9.69. The molecule has 0 heterocycles. The molecule has 0 saturated carbocycles. The minimum atomic E-state index is -4.18. The summed E-state index contributed by atoms with van der Waals surface area (Å²) in [4.78, 5) is 14.3. The predicted octanol–water partition coefficient (Wildman–Crippen LogP) is 6.07. The number of hydrogen-bond donors (Lipinski definition) is 0. The number of carbonyl (C=O) groups is 1. The standard InChI is InChI=1S/C27H40N2O4S/c1-9-29(8)25(30)24(21-13-11-10-12-14-21)28-33-34(31,32)22-17-15-20(16-18-22)23(27(5,6)7)19-26(2,3)4/h10-11,13,15-18,23H,9,12,14,19H2,1-8H3. The summed E-state index contributed by atoms with van der Waals surface area (Å²) < 4.78 is 30.8. The van der Waals surface area contributed by atoms with Crippen LogP contribution in [0.3, 0.4) is 0 Å². The third kappa shape index (κ3) is 7.55. The van der Waals surface area contributed by atoms with Gasteiger partial charge in [0.25, 0.3) is 5.91 Å². The molecule has 7 heteroatoms. The molecule has 0 spiro atoms. The Labute approximate surface area is 205 Å². The molecule has 1 aliphatic carbocycles. The van der Waals surface area contributed by atoms with E-state index in [1.165, 1.54) is 4.90 Å². The van der Waals surface area contributed by atoms with E-state index in [1.54, 1.807) is 25.3 Å². The van der Waals surface area contributed by atoms with Crippen molar-refractivity contribution < 1.29 is 17.5 Å². The van der Waals surface area contributed by atoms with Crippen molar-refractivity contribution in [2.45, 2.75) is 78.5 Å². The van der Waals surface area contributed by atoms with E-state index in [9.17, 15) is 13.2 Å². The zero-order valence-corrected chi connectivity index (χ0v) is 22.7. The summed E-state index contributed by atoms with van der Waals surface area (Å²) in [6, 6.07) is 6.83. The zero-order chi connectivity index (χ0) is 25.7. The van der Waals surface area contributed by atoms with E-state index in [0.717, 1.165) is 18.4 Å². The largest absolute Gasteiger partial charge is 0.358 e. The van der Waals surface area contributed by atoms with Crippen molar-refractivity contribution in [1.82, 2.24) is 4.90 Å². The molecular formula is C27H40N2O4S. The van der Waals surface area contributed by atoms with E-state index < -0.39 is 10.1 Å². The van der Waals surface area contributed by atoms with Crippen LogP contribution in [0.4, 0.5) is 0 Å².